The standard InChI is InChI=1S/C22H30N4O2/c1-6-16-7-11-18(12-8-16)24-22(28)21(27)23-15-20(26(4)5)17-9-13-19(14-10-17)25(2)3/h7-14,20H,6,15H2,1-5H3,(H,23,27)(H,24,28)/t20-/m0/s1. The highest BCUT2D eigenvalue weighted by Crippen LogP contribution is 2.21. The summed E-state index contributed by atoms with van der Waals surface area (Å²) in [6.07, 6.45) is 0.927. The quantitative estimate of drug-likeness (QED) is 0.723. The third kappa shape index (κ3) is 5.82. The monoisotopic (exact) mass is 382 g/mol. The van der Waals surface area contributed by atoms with Crippen molar-refractivity contribution in [3.63, 3.8) is 0 Å². The minimum Gasteiger partial charge on any atom is -0.378 e. The molecule has 0 saturated heterocycles. The zero-order chi connectivity index (χ0) is 20.7. The van der Waals surface area contributed by atoms with E-state index in [1.54, 1.807) is 12.1 Å². The van der Waals surface area contributed by atoms with Gasteiger partial charge in [-0.15, -0.1) is 0 Å². The Morgan fingerprint density at radius 2 is 1.50 bits per heavy atom. The molecule has 0 aliphatic carbocycles. The topological polar surface area (TPSA) is 64.7 Å². The average Bonchev–Trinajstić information content (AvgIpc) is 2.68. The van der Waals surface area contributed by atoms with E-state index in [4.69, 9.17) is 0 Å². The van der Waals surface area contributed by atoms with Crippen molar-refractivity contribution in [1.29, 1.82) is 0 Å². The van der Waals surface area contributed by atoms with Crippen LogP contribution in [0.5, 0.6) is 0 Å². The van der Waals surface area contributed by atoms with Crippen molar-refractivity contribution in [3.05, 3.63) is 59.7 Å². The number of amides is 2. The third-order valence-electron chi connectivity index (χ3n) is 4.70. The molecular formula is C22H30N4O2. The molecular weight excluding hydrogens is 352 g/mol. The predicted molar refractivity (Wildman–Crippen MR) is 115 cm³/mol. The van der Waals surface area contributed by atoms with E-state index >= 15 is 0 Å². The van der Waals surface area contributed by atoms with Crippen molar-refractivity contribution >= 4 is 23.2 Å². The Kier molecular flexibility index (Phi) is 7.58. The van der Waals surface area contributed by atoms with Gasteiger partial charge in [0.05, 0.1) is 6.04 Å². The maximum atomic E-state index is 12.2. The van der Waals surface area contributed by atoms with Crippen molar-refractivity contribution < 1.29 is 9.59 Å². The molecule has 0 fully saturated rings. The van der Waals surface area contributed by atoms with Crippen LogP contribution in [0.25, 0.3) is 0 Å². The number of benzene rings is 2. The first-order valence-corrected chi connectivity index (χ1v) is 9.43. The fourth-order valence-electron chi connectivity index (χ4n) is 2.87. The summed E-state index contributed by atoms with van der Waals surface area (Å²) in [7, 11) is 7.89. The first-order valence-electron chi connectivity index (χ1n) is 9.43. The van der Waals surface area contributed by atoms with E-state index in [1.807, 2.05) is 74.4 Å². The van der Waals surface area contributed by atoms with Crippen molar-refractivity contribution in [3.8, 4) is 0 Å². The number of nitrogens with zero attached hydrogens (tertiary/aromatic N) is 2. The smallest absolute Gasteiger partial charge is 0.313 e. The number of likely N-dealkylation sites (N-methyl/N-ethyl adjacent to an activating group) is 1. The molecule has 1 atom stereocenters. The SMILES string of the molecule is CCc1ccc(NC(=O)C(=O)NC[C@@H](c2ccc(N(C)C)cc2)N(C)C)cc1. The molecule has 2 N–H and O–H groups in total. The van der Waals surface area contributed by atoms with Crippen LogP contribution >= 0.6 is 0 Å². The molecule has 2 rings (SSSR count). The Balaban J connectivity index is 1.96. The van der Waals surface area contributed by atoms with Crippen molar-refractivity contribution in [2.45, 2.75) is 19.4 Å². The second-order valence-electron chi connectivity index (χ2n) is 7.18. The summed E-state index contributed by atoms with van der Waals surface area (Å²) >= 11 is 0. The van der Waals surface area contributed by atoms with E-state index in [2.05, 4.69) is 17.6 Å². The summed E-state index contributed by atoms with van der Waals surface area (Å²) in [4.78, 5) is 28.4. The fraction of sp³-hybridized carbons (Fsp3) is 0.364. The van der Waals surface area contributed by atoms with Gasteiger partial charge in [0.25, 0.3) is 0 Å². The molecule has 0 saturated carbocycles. The minimum absolute atomic E-state index is 0.0307. The van der Waals surface area contributed by atoms with Gasteiger partial charge in [-0.05, 0) is 55.9 Å². The molecule has 0 unspecified atom stereocenters. The predicted octanol–water partition coefficient (Wildman–Crippen LogP) is 2.67. The molecule has 0 heterocycles. The molecule has 0 spiro atoms. The van der Waals surface area contributed by atoms with Crippen LogP contribution in [-0.4, -0.2) is 51.4 Å². The van der Waals surface area contributed by atoms with Gasteiger partial charge in [0.15, 0.2) is 0 Å². The van der Waals surface area contributed by atoms with Crippen LogP contribution in [-0.2, 0) is 16.0 Å². The summed E-state index contributed by atoms with van der Waals surface area (Å²) in [6.45, 7) is 2.41. The maximum absolute atomic E-state index is 12.2. The highest BCUT2D eigenvalue weighted by atomic mass is 16.2. The van der Waals surface area contributed by atoms with Crippen LogP contribution in [0.15, 0.2) is 48.5 Å². The van der Waals surface area contributed by atoms with Crippen LogP contribution in [0.4, 0.5) is 11.4 Å². The molecule has 0 aliphatic heterocycles. The highest BCUT2D eigenvalue weighted by molar-refractivity contribution is 6.39. The zero-order valence-electron chi connectivity index (χ0n) is 17.3. The van der Waals surface area contributed by atoms with Gasteiger partial charge in [-0.25, -0.2) is 0 Å². The van der Waals surface area contributed by atoms with Gasteiger partial charge in [0.1, 0.15) is 0 Å². The van der Waals surface area contributed by atoms with Crippen molar-refractivity contribution in [2.75, 3.05) is 45.0 Å². The number of carbonyl (C=O) groups excluding carboxylic acids is 2. The normalized spacial score (nSPS) is 11.8. The van der Waals surface area contributed by atoms with E-state index in [-0.39, 0.29) is 6.04 Å². The molecule has 28 heavy (non-hydrogen) atoms. The molecule has 2 amide bonds. The lowest BCUT2D eigenvalue weighted by molar-refractivity contribution is -0.136. The Morgan fingerprint density at radius 1 is 0.893 bits per heavy atom. The Hall–Kier alpha value is -2.86. The number of rotatable bonds is 7. The van der Waals surface area contributed by atoms with Gasteiger partial charge in [-0.1, -0.05) is 31.2 Å². The third-order valence-corrected chi connectivity index (χ3v) is 4.70. The van der Waals surface area contributed by atoms with E-state index in [0.717, 1.165) is 17.7 Å². The summed E-state index contributed by atoms with van der Waals surface area (Å²) < 4.78 is 0. The van der Waals surface area contributed by atoms with Gasteiger partial charge >= 0.3 is 11.8 Å². The molecule has 0 radical (unpaired) electrons. The first kappa shape index (κ1) is 21.4. The van der Waals surface area contributed by atoms with Crippen molar-refractivity contribution in [2.24, 2.45) is 0 Å². The number of hydrogen-bond donors (Lipinski definition) is 2. The zero-order valence-corrected chi connectivity index (χ0v) is 17.3. The molecule has 0 bridgehead atoms. The largest absolute Gasteiger partial charge is 0.378 e. The van der Waals surface area contributed by atoms with Gasteiger partial charge in [-0.3, -0.25) is 9.59 Å². The van der Waals surface area contributed by atoms with Gasteiger partial charge in [-0.2, -0.15) is 0 Å². The first-order chi connectivity index (χ1) is 13.3. The number of carbonyl (C=O) groups is 2. The second-order valence-corrected chi connectivity index (χ2v) is 7.18. The van der Waals surface area contributed by atoms with Gasteiger partial charge < -0.3 is 20.4 Å². The van der Waals surface area contributed by atoms with E-state index in [1.165, 1.54) is 5.56 Å². The number of anilines is 2. The van der Waals surface area contributed by atoms with E-state index < -0.39 is 11.8 Å². The molecule has 6 heteroatoms. The van der Waals surface area contributed by atoms with E-state index in [0.29, 0.717) is 12.2 Å². The summed E-state index contributed by atoms with van der Waals surface area (Å²) in [5, 5.41) is 5.38. The molecule has 2 aromatic carbocycles. The summed E-state index contributed by atoms with van der Waals surface area (Å²) in [5.74, 6) is -1.30. The average molecular weight is 383 g/mol. The lowest BCUT2D eigenvalue weighted by Crippen LogP contribution is -2.40. The van der Waals surface area contributed by atoms with Gasteiger partial charge in [0, 0.05) is 32.0 Å². The number of hydrogen-bond acceptors (Lipinski definition) is 4. The van der Waals surface area contributed by atoms with Crippen LogP contribution in [0.3, 0.4) is 0 Å². The maximum Gasteiger partial charge on any atom is 0.313 e. The lowest BCUT2D eigenvalue weighted by atomic mass is 10.1. The summed E-state index contributed by atoms with van der Waals surface area (Å²) in [6, 6.07) is 15.6. The number of aryl methyl sites for hydroxylation is 1. The molecule has 0 aliphatic rings. The lowest BCUT2D eigenvalue weighted by Gasteiger charge is -2.25. The molecule has 2 aromatic rings. The molecule has 150 valence electrons. The minimum atomic E-state index is -0.662. The van der Waals surface area contributed by atoms with Crippen LogP contribution in [0.1, 0.15) is 24.1 Å². The van der Waals surface area contributed by atoms with Crippen molar-refractivity contribution in [1.82, 2.24) is 10.2 Å². The van der Waals surface area contributed by atoms with E-state index in [9.17, 15) is 9.59 Å². The molecule has 6 nitrogen and oxygen atoms in total. The Labute approximate surface area is 167 Å². The summed E-state index contributed by atoms with van der Waals surface area (Å²) in [5.41, 5.74) is 3.97. The Bertz CT molecular complexity index is 783. The second kappa shape index (κ2) is 9.90. The molecule has 0 aromatic heterocycles. The van der Waals surface area contributed by atoms with Crippen LogP contribution in [0, 0.1) is 0 Å². The van der Waals surface area contributed by atoms with Gasteiger partial charge in [0.2, 0.25) is 0 Å². The Morgan fingerprint density at radius 3 is 2.00 bits per heavy atom. The highest BCUT2D eigenvalue weighted by Gasteiger charge is 2.19. The number of nitrogens with one attached hydrogen (secondary N) is 2. The van der Waals surface area contributed by atoms with Crippen LogP contribution in [0.2, 0.25) is 0 Å². The fourth-order valence-corrected chi connectivity index (χ4v) is 2.87. The van der Waals surface area contributed by atoms with Crippen LogP contribution < -0.4 is 15.5 Å².